The number of rotatable bonds is 2. The summed E-state index contributed by atoms with van der Waals surface area (Å²) < 4.78 is 17.4. The average molecular weight is 289 g/mol. The van der Waals surface area contributed by atoms with Gasteiger partial charge in [0.15, 0.2) is 11.5 Å². The van der Waals surface area contributed by atoms with Gasteiger partial charge in [0.2, 0.25) is 0 Å². The molecule has 4 heteroatoms. The molecule has 21 heavy (non-hydrogen) atoms. The van der Waals surface area contributed by atoms with E-state index < -0.39 is 0 Å². The summed E-state index contributed by atoms with van der Waals surface area (Å²) in [6.07, 6.45) is 3.45. The Morgan fingerprint density at radius 3 is 2.48 bits per heavy atom. The maximum atomic E-state index is 6.40. The molecule has 3 saturated heterocycles. The first-order valence-electron chi connectivity index (χ1n) is 7.88. The number of hydrogen-bond donors (Lipinski definition) is 0. The molecule has 3 fully saturated rings. The molecule has 0 aromatic heterocycles. The van der Waals surface area contributed by atoms with Gasteiger partial charge >= 0.3 is 0 Å². The van der Waals surface area contributed by atoms with Crippen LogP contribution in [0.15, 0.2) is 12.1 Å². The van der Waals surface area contributed by atoms with Crippen molar-refractivity contribution in [3.8, 4) is 11.5 Å². The Labute approximate surface area is 126 Å². The van der Waals surface area contributed by atoms with Crippen LogP contribution in [0.1, 0.15) is 24.0 Å². The van der Waals surface area contributed by atoms with E-state index in [9.17, 15) is 0 Å². The number of fused-ring (bicyclic) bond motifs is 3. The van der Waals surface area contributed by atoms with E-state index >= 15 is 0 Å². The smallest absolute Gasteiger partial charge is 0.161 e. The third-order valence-electron chi connectivity index (χ3n) is 5.50. The van der Waals surface area contributed by atoms with Gasteiger partial charge in [-0.25, -0.2) is 0 Å². The minimum atomic E-state index is -0.121. The van der Waals surface area contributed by atoms with Crippen molar-refractivity contribution in [3.63, 3.8) is 0 Å². The minimum absolute atomic E-state index is 0.121. The monoisotopic (exact) mass is 289 g/mol. The third-order valence-corrected chi connectivity index (χ3v) is 5.50. The molecule has 1 aromatic rings. The highest BCUT2D eigenvalue weighted by Gasteiger charge is 2.51. The molecule has 0 N–H and O–H groups in total. The number of ether oxygens (including phenoxy) is 3. The molecule has 1 aromatic carbocycles. The van der Waals surface area contributed by atoms with Crippen LogP contribution >= 0.6 is 0 Å². The van der Waals surface area contributed by atoms with Crippen molar-refractivity contribution < 1.29 is 14.2 Å². The summed E-state index contributed by atoms with van der Waals surface area (Å²) in [6, 6.07) is 4.31. The van der Waals surface area contributed by atoms with Gasteiger partial charge in [0.25, 0.3) is 0 Å². The van der Waals surface area contributed by atoms with Gasteiger partial charge in [-0.2, -0.15) is 0 Å². The van der Waals surface area contributed by atoms with Crippen molar-refractivity contribution >= 4 is 0 Å². The Kier molecular flexibility index (Phi) is 3.12. The van der Waals surface area contributed by atoms with Crippen LogP contribution in [0.3, 0.4) is 0 Å². The van der Waals surface area contributed by atoms with Gasteiger partial charge in [-0.3, -0.25) is 0 Å². The Hall–Kier alpha value is -1.26. The lowest BCUT2D eigenvalue weighted by molar-refractivity contribution is -0.166. The van der Waals surface area contributed by atoms with Crippen LogP contribution < -0.4 is 9.47 Å². The molecule has 1 spiro atoms. The van der Waals surface area contributed by atoms with E-state index in [1.807, 2.05) is 0 Å². The first kappa shape index (κ1) is 13.4. The molecule has 4 aliphatic heterocycles. The summed E-state index contributed by atoms with van der Waals surface area (Å²) >= 11 is 0. The van der Waals surface area contributed by atoms with Crippen LogP contribution in [-0.4, -0.2) is 45.4 Å². The summed E-state index contributed by atoms with van der Waals surface area (Å²) in [6.45, 7) is 4.28. The molecule has 4 nitrogen and oxygen atoms in total. The quantitative estimate of drug-likeness (QED) is 0.835. The third kappa shape index (κ3) is 1.89. The zero-order valence-corrected chi connectivity index (χ0v) is 12.9. The van der Waals surface area contributed by atoms with E-state index in [1.54, 1.807) is 14.2 Å². The van der Waals surface area contributed by atoms with E-state index in [2.05, 4.69) is 17.0 Å². The normalized spacial score (nSPS) is 33.8. The molecule has 0 amide bonds. The number of methoxy groups -OCH3 is 2. The van der Waals surface area contributed by atoms with E-state index in [0.717, 1.165) is 31.1 Å². The fourth-order valence-corrected chi connectivity index (χ4v) is 4.43. The largest absolute Gasteiger partial charge is 0.493 e. The average Bonchev–Trinajstić information content (AvgIpc) is 2.55. The summed E-state index contributed by atoms with van der Waals surface area (Å²) in [5.74, 6) is 2.28. The molecule has 4 heterocycles. The van der Waals surface area contributed by atoms with Crippen LogP contribution in [0.25, 0.3) is 0 Å². The van der Waals surface area contributed by atoms with Gasteiger partial charge < -0.3 is 19.1 Å². The van der Waals surface area contributed by atoms with Crippen LogP contribution in [0.4, 0.5) is 0 Å². The highest BCUT2D eigenvalue weighted by molar-refractivity contribution is 5.51. The van der Waals surface area contributed by atoms with Gasteiger partial charge in [0, 0.05) is 6.54 Å². The topological polar surface area (TPSA) is 30.9 Å². The summed E-state index contributed by atoms with van der Waals surface area (Å²) in [4.78, 5) is 2.55. The van der Waals surface area contributed by atoms with Gasteiger partial charge in [0.05, 0.1) is 20.8 Å². The fourth-order valence-electron chi connectivity index (χ4n) is 4.43. The predicted octanol–water partition coefficient (Wildman–Crippen LogP) is 2.20. The van der Waals surface area contributed by atoms with Crippen molar-refractivity contribution in [1.82, 2.24) is 4.90 Å². The zero-order valence-electron chi connectivity index (χ0n) is 12.9. The predicted molar refractivity (Wildman–Crippen MR) is 80.0 cm³/mol. The van der Waals surface area contributed by atoms with E-state index in [1.165, 1.54) is 37.1 Å². The Balaban J connectivity index is 1.84. The Morgan fingerprint density at radius 1 is 1.14 bits per heavy atom. The van der Waals surface area contributed by atoms with Crippen LogP contribution in [-0.2, 0) is 16.8 Å². The number of hydrogen-bond acceptors (Lipinski definition) is 4. The van der Waals surface area contributed by atoms with E-state index in [0.29, 0.717) is 5.92 Å². The van der Waals surface area contributed by atoms with Crippen molar-refractivity contribution in [1.29, 1.82) is 0 Å². The molecule has 114 valence electrons. The summed E-state index contributed by atoms with van der Waals surface area (Å²) in [5.41, 5.74) is 2.58. The standard InChI is InChI=1S/C17H23NO3/c1-19-15-9-12-5-8-21-17(14(12)10-16(15)20-2)11-18-6-3-13(17)4-7-18/h9-10,13H,3-8,11H2,1-2H3/t17-/m1/s1. The molecule has 4 aliphatic rings. The maximum absolute atomic E-state index is 6.40. The SMILES string of the molecule is COc1cc2c(cc1OC)[C@]1(CN3CCC1CC3)OCC2. The molecule has 5 rings (SSSR count). The first-order valence-corrected chi connectivity index (χ1v) is 7.88. The second kappa shape index (κ2) is 4.89. The molecule has 0 saturated carbocycles. The molecule has 2 bridgehead atoms. The maximum Gasteiger partial charge on any atom is 0.161 e. The molecule has 0 radical (unpaired) electrons. The molecular formula is C17H23NO3. The minimum Gasteiger partial charge on any atom is -0.493 e. The summed E-state index contributed by atoms with van der Waals surface area (Å²) in [7, 11) is 3.41. The van der Waals surface area contributed by atoms with Crippen molar-refractivity contribution in [2.75, 3.05) is 40.5 Å². The van der Waals surface area contributed by atoms with Crippen molar-refractivity contribution in [2.24, 2.45) is 5.92 Å². The molecule has 1 atom stereocenters. The summed E-state index contributed by atoms with van der Waals surface area (Å²) in [5, 5.41) is 0. The van der Waals surface area contributed by atoms with E-state index in [4.69, 9.17) is 14.2 Å². The zero-order chi connectivity index (χ0) is 14.4. The lowest BCUT2D eigenvalue weighted by Crippen LogP contribution is -2.59. The highest BCUT2D eigenvalue weighted by Crippen LogP contribution is 2.50. The fraction of sp³-hybridized carbons (Fsp3) is 0.647. The van der Waals surface area contributed by atoms with Gasteiger partial charge in [-0.05, 0) is 61.5 Å². The lowest BCUT2D eigenvalue weighted by Gasteiger charge is -2.55. The van der Waals surface area contributed by atoms with E-state index in [-0.39, 0.29) is 5.60 Å². The second-order valence-corrected chi connectivity index (χ2v) is 6.40. The van der Waals surface area contributed by atoms with Gasteiger partial charge in [-0.15, -0.1) is 0 Å². The number of nitrogens with zero attached hydrogens (tertiary/aromatic N) is 1. The molecule has 0 unspecified atom stereocenters. The second-order valence-electron chi connectivity index (χ2n) is 6.40. The van der Waals surface area contributed by atoms with Crippen molar-refractivity contribution in [2.45, 2.75) is 24.9 Å². The van der Waals surface area contributed by atoms with Gasteiger partial charge in [-0.1, -0.05) is 0 Å². The number of piperidine rings is 3. The highest BCUT2D eigenvalue weighted by atomic mass is 16.5. The van der Waals surface area contributed by atoms with Crippen molar-refractivity contribution in [3.05, 3.63) is 23.3 Å². The number of benzene rings is 1. The Bertz CT molecular complexity index is 551. The first-order chi connectivity index (χ1) is 10.3. The molecule has 0 aliphatic carbocycles. The Morgan fingerprint density at radius 2 is 1.86 bits per heavy atom. The van der Waals surface area contributed by atoms with Crippen LogP contribution in [0.5, 0.6) is 11.5 Å². The van der Waals surface area contributed by atoms with Crippen LogP contribution in [0.2, 0.25) is 0 Å². The molecular weight excluding hydrogens is 266 g/mol. The van der Waals surface area contributed by atoms with Gasteiger partial charge in [0.1, 0.15) is 5.60 Å². The lowest BCUT2D eigenvalue weighted by atomic mass is 9.69. The van der Waals surface area contributed by atoms with Crippen LogP contribution in [0, 0.1) is 5.92 Å².